The van der Waals surface area contributed by atoms with Gasteiger partial charge in [0.2, 0.25) is 0 Å². The summed E-state index contributed by atoms with van der Waals surface area (Å²) >= 11 is 5.71. The summed E-state index contributed by atoms with van der Waals surface area (Å²) in [7, 11) is 3.08. The molecule has 0 atom stereocenters. The number of halogens is 1. The molecule has 0 spiro atoms. The Labute approximate surface area is 133 Å². The third-order valence-corrected chi connectivity index (χ3v) is 3.37. The fourth-order valence-corrected chi connectivity index (χ4v) is 2.04. The van der Waals surface area contributed by atoms with Crippen LogP contribution >= 0.6 is 11.6 Å². The van der Waals surface area contributed by atoms with E-state index in [2.05, 4.69) is 4.98 Å². The molecular weight excluding hydrogens is 306 g/mol. The lowest BCUT2D eigenvalue weighted by molar-refractivity contribution is 0.0471. The van der Waals surface area contributed by atoms with Crippen LogP contribution in [0.5, 0.6) is 11.5 Å². The van der Waals surface area contributed by atoms with Crippen LogP contribution in [0.3, 0.4) is 0 Å². The normalized spacial score (nSPS) is 10.2. The van der Waals surface area contributed by atoms with Crippen molar-refractivity contribution in [3.8, 4) is 11.5 Å². The molecule has 116 valence electrons. The largest absolute Gasteiger partial charge is 0.496 e. The van der Waals surface area contributed by atoms with E-state index in [1.54, 1.807) is 30.5 Å². The van der Waals surface area contributed by atoms with E-state index in [4.69, 9.17) is 25.8 Å². The number of benzene rings is 1. The zero-order chi connectivity index (χ0) is 16.1. The van der Waals surface area contributed by atoms with Gasteiger partial charge in [0.05, 0.1) is 19.8 Å². The number of hydrogen-bond donors (Lipinski definition) is 0. The van der Waals surface area contributed by atoms with E-state index < -0.39 is 5.97 Å². The SMILES string of the molecule is COc1cc(C(=O)OCc2ccc(Cl)nc2)cc(OC)c1C. The average molecular weight is 322 g/mol. The van der Waals surface area contributed by atoms with Gasteiger partial charge in [0.25, 0.3) is 0 Å². The van der Waals surface area contributed by atoms with Gasteiger partial charge in [-0.25, -0.2) is 9.78 Å². The molecule has 1 aromatic carbocycles. The van der Waals surface area contributed by atoms with Gasteiger partial charge in [-0.1, -0.05) is 17.7 Å². The van der Waals surface area contributed by atoms with Crippen LogP contribution < -0.4 is 9.47 Å². The molecule has 2 rings (SSSR count). The number of rotatable bonds is 5. The second-order valence-corrected chi connectivity index (χ2v) is 4.96. The van der Waals surface area contributed by atoms with Crippen LogP contribution in [0.4, 0.5) is 0 Å². The van der Waals surface area contributed by atoms with Crippen LogP contribution in [0.1, 0.15) is 21.5 Å². The molecule has 1 aromatic heterocycles. The van der Waals surface area contributed by atoms with Crippen molar-refractivity contribution in [2.45, 2.75) is 13.5 Å². The number of aromatic nitrogens is 1. The molecule has 0 aliphatic rings. The van der Waals surface area contributed by atoms with Crippen molar-refractivity contribution in [2.24, 2.45) is 0 Å². The highest BCUT2D eigenvalue weighted by atomic mass is 35.5. The second kappa shape index (κ2) is 7.13. The summed E-state index contributed by atoms with van der Waals surface area (Å²) in [5, 5.41) is 0.392. The molecule has 0 aliphatic heterocycles. The monoisotopic (exact) mass is 321 g/mol. The molecule has 0 saturated heterocycles. The van der Waals surface area contributed by atoms with Gasteiger partial charge in [0, 0.05) is 17.3 Å². The molecule has 0 N–H and O–H groups in total. The maximum Gasteiger partial charge on any atom is 0.338 e. The fraction of sp³-hybridized carbons (Fsp3) is 0.250. The van der Waals surface area contributed by atoms with Gasteiger partial charge in [0.15, 0.2) is 0 Å². The first kappa shape index (κ1) is 16.1. The van der Waals surface area contributed by atoms with Gasteiger partial charge in [-0.3, -0.25) is 0 Å². The number of esters is 1. The van der Waals surface area contributed by atoms with E-state index in [1.165, 1.54) is 14.2 Å². The van der Waals surface area contributed by atoms with Crippen molar-refractivity contribution in [1.29, 1.82) is 0 Å². The minimum atomic E-state index is -0.466. The summed E-state index contributed by atoms with van der Waals surface area (Å²) in [6, 6.07) is 6.64. The smallest absolute Gasteiger partial charge is 0.338 e. The van der Waals surface area contributed by atoms with Crippen molar-refractivity contribution in [1.82, 2.24) is 4.98 Å². The zero-order valence-electron chi connectivity index (χ0n) is 12.6. The van der Waals surface area contributed by atoms with Crippen LogP contribution in [0.15, 0.2) is 30.5 Å². The molecule has 5 nitrogen and oxygen atoms in total. The molecule has 1 heterocycles. The first-order valence-corrected chi connectivity index (χ1v) is 6.93. The van der Waals surface area contributed by atoms with Crippen molar-refractivity contribution < 1.29 is 19.0 Å². The minimum absolute atomic E-state index is 0.113. The van der Waals surface area contributed by atoms with Gasteiger partial charge in [-0.15, -0.1) is 0 Å². The summed E-state index contributed by atoms with van der Waals surface area (Å²) in [6.07, 6.45) is 1.56. The Hall–Kier alpha value is -2.27. The summed E-state index contributed by atoms with van der Waals surface area (Å²) in [5.41, 5.74) is 1.94. The average Bonchev–Trinajstić information content (AvgIpc) is 2.54. The highest BCUT2D eigenvalue weighted by molar-refractivity contribution is 6.29. The molecule has 0 unspecified atom stereocenters. The van der Waals surface area contributed by atoms with E-state index in [0.29, 0.717) is 22.2 Å². The molecule has 22 heavy (non-hydrogen) atoms. The number of ether oxygens (including phenoxy) is 3. The number of carbonyl (C=O) groups excluding carboxylic acids is 1. The topological polar surface area (TPSA) is 57.7 Å². The Balaban J connectivity index is 2.13. The highest BCUT2D eigenvalue weighted by Gasteiger charge is 2.14. The zero-order valence-corrected chi connectivity index (χ0v) is 13.3. The highest BCUT2D eigenvalue weighted by Crippen LogP contribution is 2.29. The summed E-state index contributed by atoms with van der Waals surface area (Å²) in [5.74, 6) is 0.672. The predicted octanol–water partition coefficient (Wildman–Crippen LogP) is 3.42. The van der Waals surface area contributed by atoms with E-state index >= 15 is 0 Å². The van der Waals surface area contributed by atoms with Gasteiger partial charge in [0.1, 0.15) is 23.3 Å². The second-order valence-electron chi connectivity index (χ2n) is 4.57. The Morgan fingerprint density at radius 1 is 1.18 bits per heavy atom. The van der Waals surface area contributed by atoms with Crippen LogP contribution in [-0.2, 0) is 11.3 Å². The molecule has 0 aliphatic carbocycles. The minimum Gasteiger partial charge on any atom is -0.496 e. The Bertz CT molecular complexity index is 645. The van der Waals surface area contributed by atoms with Gasteiger partial charge in [-0.2, -0.15) is 0 Å². The van der Waals surface area contributed by atoms with E-state index in [1.807, 2.05) is 6.92 Å². The van der Waals surface area contributed by atoms with Crippen LogP contribution in [0, 0.1) is 6.92 Å². The van der Waals surface area contributed by atoms with Crippen molar-refractivity contribution in [3.63, 3.8) is 0 Å². The molecule has 2 aromatic rings. The van der Waals surface area contributed by atoms with Gasteiger partial charge in [-0.05, 0) is 25.1 Å². The number of nitrogens with zero attached hydrogens (tertiary/aromatic N) is 1. The van der Waals surface area contributed by atoms with Gasteiger partial charge >= 0.3 is 5.97 Å². The number of methoxy groups -OCH3 is 2. The quantitative estimate of drug-likeness (QED) is 0.624. The maximum atomic E-state index is 12.2. The predicted molar refractivity (Wildman–Crippen MR) is 82.6 cm³/mol. The van der Waals surface area contributed by atoms with Crippen molar-refractivity contribution in [2.75, 3.05) is 14.2 Å². The molecule has 6 heteroatoms. The lowest BCUT2D eigenvalue weighted by Crippen LogP contribution is -2.07. The summed E-state index contributed by atoms with van der Waals surface area (Å²) < 4.78 is 15.7. The molecular formula is C16H16ClNO4. The fourth-order valence-electron chi connectivity index (χ4n) is 1.93. The van der Waals surface area contributed by atoms with Crippen molar-refractivity contribution >= 4 is 17.6 Å². The number of hydrogen-bond acceptors (Lipinski definition) is 5. The van der Waals surface area contributed by atoms with Crippen molar-refractivity contribution in [3.05, 3.63) is 52.3 Å². The summed E-state index contributed by atoms with van der Waals surface area (Å²) in [6.45, 7) is 1.97. The molecule has 0 amide bonds. The molecule has 0 fully saturated rings. The van der Waals surface area contributed by atoms with Crippen LogP contribution in [0.25, 0.3) is 0 Å². The first-order chi connectivity index (χ1) is 10.5. The number of pyridine rings is 1. The summed E-state index contributed by atoms with van der Waals surface area (Å²) in [4.78, 5) is 16.1. The van der Waals surface area contributed by atoms with E-state index in [0.717, 1.165) is 11.1 Å². The van der Waals surface area contributed by atoms with Crippen LogP contribution in [0.2, 0.25) is 5.15 Å². The molecule has 0 bridgehead atoms. The molecule has 0 radical (unpaired) electrons. The van der Waals surface area contributed by atoms with E-state index in [9.17, 15) is 4.79 Å². The standard InChI is InChI=1S/C16H16ClNO4/c1-10-13(20-2)6-12(7-14(10)21-3)16(19)22-9-11-4-5-15(17)18-8-11/h4-8H,9H2,1-3H3. The Morgan fingerprint density at radius 2 is 1.82 bits per heavy atom. The maximum absolute atomic E-state index is 12.2. The third kappa shape index (κ3) is 3.68. The Kier molecular flexibility index (Phi) is 5.22. The lowest BCUT2D eigenvalue weighted by atomic mass is 10.1. The number of carbonyl (C=O) groups is 1. The van der Waals surface area contributed by atoms with Crippen LogP contribution in [-0.4, -0.2) is 25.2 Å². The third-order valence-electron chi connectivity index (χ3n) is 3.15. The molecule has 0 saturated carbocycles. The lowest BCUT2D eigenvalue weighted by Gasteiger charge is -2.12. The van der Waals surface area contributed by atoms with E-state index in [-0.39, 0.29) is 6.61 Å². The van der Waals surface area contributed by atoms with Gasteiger partial charge < -0.3 is 14.2 Å². The first-order valence-electron chi connectivity index (χ1n) is 6.55. The Morgan fingerprint density at radius 3 is 2.32 bits per heavy atom.